The van der Waals surface area contributed by atoms with Crippen molar-refractivity contribution in [1.82, 2.24) is 4.90 Å². The molecule has 0 aliphatic carbocycles. The molecule has 2 aromatic carbocycles. The van der Waals surface area contributed by atoms with Crippen molar-refractivity contribution < 1.29 is 9.53 Å². The predicted molar refractivity (Wildman–Crippen MR) is 90.4 cm³/mol. The Balaban J connectivity index is 0.00000176. The maximum absolute atomic E-state index is 12.1. The number of nitrogens with two attached hydrogens (primary N) is 1. The van der Waals surface area contributed by atoms with Gasteiger partial charge in [0, 0.05) is 13.1 Å². The van der Waals surface area contributed by atoms with Crippen LogP contribution in [0.4, 0.5) is 0 Å². The fourth-order valence-electron chi connectivity index (χ4n) is 2.75. The molecule has 1 aliphatic heterocycles. The minimum atomic E-state index is 0. The summed E-state index contributed by atoms with van der Waals surface area (Å²) in [6, 6.07) is 14.0. The zero-order chi connectivity index (χ0) is 14.7. The number of nitrogens with zero attached hydrogens (tertiary/aromatic N) is 1. The number of hydrogen-bond acceptors (Lipinski definition) is 3. The summed E-state index contributed by atoms with van der Waals surface area (Å²) in [6.07, 6.45) is 0.998. The van der Waals surface area contributed by atoms with E-state index in [1.54, 1.807) is 0 Å². The van der Waals surface area contributed by atoms with Crippen LogP contribution >= 0.6 is 12.4 Å². The molecule has 118 valence electrons. The second-order valence-electron chi connectivity index (χ2n) is 5.53. The van der Waals surface area contributed by atoms with Crippen LogP contribution in [0.5, 0.6) is 5.75 Å². The molecule has 0 radical (unpaired) electrons. The van der Waals surface area contributed by atoms with Gasteiger partial charge in [-0.15, -0.1) is 12.4 Å². The summed E-state index contributed by atoms with van der Waals surface area (Å²) in [5.74, 6) is 1.21. The fourth-order valence-corrected chi connectivity index (χ4v) is 2.75. The predicted octanol–water partition coefficient (Wildman–Crippen LogP) is 2.45. The Morgan fingerprint density at radius 3 is 2.73 bits per heavy atom. The third-order valence-corrected chi connectivity index (χ3v) is 4.06. The Morgan fingerprint density at radius 2 is 2.00 bits per heavy atom. The minimum Gasteiger partial charge on any atom is -0.484 e. The van der Waals surface area contributed by atoms with E-state index >= 15 is 0 Å². The van der Waals surface area contributed by atoms with Crippen LogP contribution in [0.25, 0.3) is 10.8 Å². The lowest BCUT2D eigenvalue weighted by atomic mass is 10.1. The molecule has 1 amide bonds. The number of rotatable bonds is 4. The normalized spacial score (nSPS) is 17.3. The number of likely N-dealkylation sites (tertiary alicyclic amines) is 1. The highest BCUT2D eigenvalue weighted by Crippen LogP contribution is 2.21. The highest BCUT2D eigenvalue weighted by Gasteiger charge is 2.25. The molecule has 0 saturated carbocycles. The van der Waals surface area contributed by atoms with Gasteiger partial charge in [-0.2, -0.15) is 0 Å². The van der Waals surface area contributed by atoms with Crippen LogP contribution in [0.3, 0.4) is 0 Å². The van der Waals surface area contributed by atoms with Gasteiger partial charge in [-0.1, -0.05) is 30.3 Å². The van der Waals surface area contributed by atoms with Gasteiger partial charge < -0.3 is 15.4 Å². The standard InChI is InChI=1S/C17H20N2O2.ClH/c18-10-13-7-8-19(11-13)17(20)12-21-16-6-5-14-3-1-2-4-15(14)9-16;/h1-6,9,13H,7-8,10-12,18H2;1H. The van der Waals surface area contributed by atoms with E-state index in [1.807, 2.05) is 41.3 Å². The van der Waals surface area contributed by atoms with Gasteiger partial charge in [0.2, 0.25) is 0 Å². The monoisotopic (exact) mass is 320 g/mol. The average Bonchev–Trinajstić information content (AvgIpc) is 3.01. The van der Waals surface area contributed by atoms with E-state index in [9.17, 15) is 4.79 Å². The van der Waals surface area contributed by atoms with Crippen LogP contribution < -0.4 is 10.5 Å². The molecule has 1 unspecified atom stereocenters. The molecule has 0 spiro atoms. The number of halogens is 1. The first-order chi connectivity index (χ1) is 10.3. The van der Waals surface area contributed by atoms with Crippen LogP contribution in [0.15, 0.2) is 42.5 Å². The second kappa shape index (κ2) is 7.47. The van der Waals surface area contributed by atoms with Crippen molar-refractivity contribution in [3.63, 3.8) is 0 Å². The maximum atomic E-state index is 12.1. The van der Waals surface area contributed by atoms with Gasteiger partial charge in [0.1, 0.15) is 5.75 Å². The lowest BCUT2D eigenvalue weighted by Gasteiger charge is -2.16. The Hall–Kier alpha value is -1.78. The first kappa shape index (κ1) is 16.6. The first-order valence-electron chi connectivity index (χ1n) is 7.35. The van der Waals surface area contributed by atoms with Crippen LogP contribution in [0, 0.1) is 5.92 Å². The molecular formula is C17H21ClN2O2. The van der Waals surface area contributed by atoms with Crippen molar-refractivity contribution in [3.05, 3.63) is 42.5 Å². The molecule has 3 rings (SSSR count). The van der Waals surface area contributed by atoms with Crippen LogP contribution in [0.1, 0.15) is 6.42 Å². The second-order valence-corrected chi connectivity index (χ2v) is 5.53. The van der Waals surface area contributed by atoms with Crippen molar-refractivity contribution in [1.29, 1.82) is 0 Å². The molecule has 5 heteroatoms. The van der Waals surface area contributed by atoms with Crippen molar-refractivity contribution >= 4 is 29.1 Å². The van der Waals surface area contributed by atoms with Gasteiger partial charge in [-0.05, 0) is 41.8 Å². The molecule has 2 N–H and O–H groups in total. The van der Waals surface area contributed by atoms with Crippen molar-refractivity contribution in [2.24, 2.45) is 11.7 Å². The lowest BCUT2D eigenvalue weighted by molar-refractivity contribution is -0.132. The van der Waals surface area contributed by atoms with Gasteiger partial charge in [0.25, 0.3) is 5.91 Å². The summed E-state index contributed by atoms with van der Waals surface area (Å²) in [4.78, 5) is 13.9. The molecule has 0 bridgehead atoms. The Morgan fingerprint density at radius 1 is 1.23 bits per heavy atom. The first-order valence-corrected chi connectivity index (χ1v) is 7.35. The van der Waals surface area contributed by atoms with Gasteiger partial charge in [0.15, 0.2) is 6.61 Å². The van der Waals surface area contributed by atoms with Gasteiger partial charge in [-0.25, -0.2) is 0 Å². The molecule has 22 heavy (non-hydrogen) atoms. The summed E-state index contributed by atoms with van der Waals surface area (Å²) in [6.45, 7) is 2.29. The fraction of sp³-hybridized carbons (Fsp3) is 0.353. The third kappa shape index (κ3) is 3.70. The summed E-state index contributed by atoms with van der Waals surface area (Å²) < 4.78 is 5.63. The van der Waals surface area contributed by atoms with Crippen molar-refractivity contribution in [3.8, 4) is 5.75 Å². The summed E-state index contributed by atoms with van der Waals surface area (Å²) in [7, 11) is 0. The van der Waals surface area contributed by atoms with E-state index < -0.39 is 0 Å². The molecule has 1 atom stereocenters. The number of amides is 1. The van der Waals surface area contributed by atoms with E-state index in [1.165, 1.54) is 5.39 Å². The Bertz CT molecular complexity index is 647. The molecule has 4 nitrogen and oxygen atoms in total. The Kier molecular flexibility index (Phi) is 5.63. The number of benzene rings is 2. The van der Waals surface area contributed by atoms with Gasteiger partial charge >= 0.3 is 0 Å². The van der Waals surface area contributed by atoms with E-state index in [0.29, 0.717) is 12.5 Å². The summed E-state index contributed by atoms with van der Waals surface area (Å²) in [5.41, 5.74) is 5.64. The largest absolute Gasteiger partial charge is 0.484 e. The van der Waals surface area contributed by atoms with E-state index in [2.05, 4.69) is 6.07 Å². The lowest BCUT2D eigenvalue weighted by Crippen LogP contribution is -2.33. The van der Waals surface area contributed by atoms with Crippen LogP contribution in [-0.2, 0) is 4.79 Å². The van der Waals surface area contributed by atoms with Gasteiger partial charge in [0.05, 0.1) is 0 Å². The molecule has 1 aliphatic rings. The topological polar surface area (TPSA) is 55.6 Å². The van der Waals surface area contributed by atoms with Crippen LogP contribution in [0.2, 0.25) is 0 Å². The number of fused-ring (bicyclic) bond motifs is 1. The SMILES string of the molecule is Cl.NCC1CCN(C(=O)COc2ccc3ccccc3c2)C1. The smallest absolute Gasteiger partial charge is 0.260 e. The number of carbonyl (C=O) groups excluding carboxylic acids is 1. The molecule has 2 aromatic rings. The molecule has 0 aromatic heterocycles. The Labute approximate surface area is 136 Å². The highest BCUT2D eigenvalue weighted by atomic mass is 35.5. The zero-order valence-corrected chi connectivity index (χ0v) is 13.2. The molecule has 1 heterocycles. The quantitative estimate of drug-likeness (QED) is 0.941. The summed E-state index contributed by atoms with van der Waals surface area (Å²) >= 11 is 0. The van der Waals surface area contributed by atoms with E-state index in [-0.39, 0.29) is 24.9 Å². The molecule has 1 fully saturated rings. The van der Waals surface area contributed by atoms with Crippen LogP contribution in [-0.4, -0.2) is 37.0 Å². The van der Waals surface area contributed by atoms with E-state index in [4.69, 9.17) is 10.5 Å². The van der Waals surface area contributed by atoms with Crippen molar-refractivity contribution in [2.75, 3.05) is 26.2 Å². The third-order valence-electron chi connectivity index (χ3n) is 4.06. The highest BCUT2D eigenvalue weighted by molar-refractivity contribution is 5.85. The maximum Gasteiger partial charge on any atom is 0.260 e. The zero-order valence-electron chi connectivity index (χ0n) is 12.4. The van der Waals surface area contributed by atoms with E-state index in [0.717, 1.165) is 30.6 Å². The number of ether oxygens (including phenoxy) is 1. The molecular weight excluding hydrogens is 300 g/mol. The molecule has 1 saturated heterocycles. The number of hydrogen-bond donors (Lipinski definition) is 1. The van der Waals surface area contributed by atoms with Gasteiger partial charge in [-0.3, -0.25) is 4.79 Å². The van der Waals surface area contributed by atoms with Crippen molar-refractivity contribution in [2.45, 2.75) is 6.42 Å². The average molecular weight is 321 g/mol. The minimum absolute atomic E-state index is 0. The number of carbonyl (C=O) groups is 1. The summed E-state index contributed by atoms with van der Waals surface area (Å²) in [5, 5.41) is 2.29.